The van der Waals surface area contributed by atoms with Crippen LogP contribution in [0, 0.1) is 17.8 Å². The number of aliphatic hydroxyl groups excluding tert-OH is 1. The molecule has 5 rings (SSSR count). The number of carbonyl (C=O) groups excluding carboxylic acids is 1. The molecule has 1 aromatic carbocycles. The fourth-order valence-electron chi connectivity index (χ4n) is 4.97. The van der Waals surface area contributed by atoms with Crippen LogP contribution in [0.25, 0.3) is 0 Å². The monoisotopic (exact) mass is 470 g/mol. The van der Waals surface area contributed by atoms with E-state index in [4.69, 9.17) is 16.3 Å². The van der Waals surface area contributed by atoms with Crippen molar-refractivity contribution in [3.8, 4) is 5.88 Å². The van der Waals surface area contributed by atoms with Gasteiger partial charge in [-0.3, -0.25) is 4.79 Å². The van der Waals surface area contributed by atoms with E-state index in [9.17, 15) is 9.90 Å². The largest absolute Gasteiger partial charge is 0.472 e. The van der Waals surface area contributed by atoms with Crippen molar-refractivity contribution in [3.05, 3.63) is 46.1 Å². The predicted molar refractivity (Wildman–Crippen MR) is 126 cm³/mol. The summed E-state index contributed by atoms with van der Waals surface area (Å²) >= 11 is 6.23. The molecule has 2 N–H and O–H groups in total. The first-order chi connectivity index (χ1) is 16.0. The molecule has 1 amide bonds. The van der Waals surface area contributed by atoms with Crippen molar-refractivity contribution >= 4 is 23.5 Å². The number of hydrogen-bond acceptors (Lipinski definition) is 6. The summed E-state index contributed by atoms with van der Waals surface area (Å²) < 4.78 is 6.06. The Labute approximate surface area is 199 Å². The molecule has 7 nitrogen and oxygen atoms in total. The minimum absolute atomic E-state index is 0.114. The highest BCUT2D eigenvalue weighted by Crippen LogP contribution is 2.45. The lowest BCUT2D eigenvalue weighted by Crippen LogP contribution is -2.37. The third-order valence-electron chi connectivity index (χ3n) is 7.26. The summed E-state index contributed by atoms with van der Waals surface area (Å²) in [6, 6.07) is 5.58. The SMILES string of the molecule is C[C@H]1CC[C@H](NC(=O)c2cnc(N3CC4CC4C3)nc2OCc2ccc(CO)c(Cl)c2)CC1. The van der Waals surface area contributed by atoms with Crippen LogP contribution in [0.1, 0.15) is 60.5 Å². The number of anilines is 1. The first-order valence-electron chi connectivity index (χ1n) is 11.9. The van der Waals surface area contributed by atoms with Crippen LogP contribution in [0.4, 0.5) is 5.95 Å². The number of amides is 1. The molecule has 2 unspecified atom stereocenters. The van der Waals surface area contributed by atoms with Gasteiger partial charge in [0.15, 0.2) is 0 Å². The standard InChI is InChI=1S/C25H31ClN4O3/c1-15-2-6-20(7-3-15)28-23(32)21-10-27-25(30-11-18-9-19(18)12-30)29-24(21)33-14-16-4-5-17(13-31)22(26)8-16/h4-5,8,10,15,18-20,31H,2-3,6-7,9,11-14H2,1H3,(H,28,32)/t15-,18?,19?,20-. The maximum atomic E-state index is 13.1. The van der Waals surface area contributed by atoms with Gasteiger partial charge in [0.2, 0.25) is 11.8 Å². The van der Waals surface area contributed by atoms with E-state index in [-0.39, 0.29) is 25.2 Å². The molecule has 33 heavy (non-hydrogen) atoms. The second-order valence-electron chi connectivity index (χ2n) is 9.85. The van der Waals surface area contributed by atoms with E-state index in [1.807, 2.05) is 6.07 Å². The second-order valence-corrected chi connectivity index (χ2v) is 10.3. The molecular formula is C25H31ClN4O3. The quantitative estimate of drug-likeness (QED) is 0.636. The Kier molecular flexibility index (Phi) is 6.43. The van der Waals surface area contributed by atoms with Crippen LogP contribution in [0.3, 0.4) is 0 Å². The molecule has 1 aliphatic heterocycles. The van der Waals surface area contributed by atoms with Crippen molar-refractivity contribution in [2.24, 2.45) is 17.8 Å². The molecule has 0 radical (unpaired) electrons. The molecule has 176 valence electrons. The summed E-state index contributed by atoms with van der Waals surface area (Å²) in [4.78, 5) is 24.5. The van der Waals surface area contributed by atoms with E-state index < -0.39 is 0 Å². The van der Waals surface area contributed by atoms with Gasteiger partial charge in [-0.15, -0.1) is 0 Å². The lowest BCUT2D eigenvalue weighted by atomic mass is 9.87. The number of benzene rings is 1. The van der Waals surface area contributed by atoms with Crippen molar-refractivity contribution in [1.29, 1.82) is 0 Å². The zero-order chi connectivity index (χ0) is 22.9. The Bertz CT molecular complexity index is 1010. The number of rotatable bonds is 7. The molecule has 1 saturated heterocycles. The van der Waals surface area contributed by atoms with Gasteiger partial charge in [-0.05, 0) is 67.1 Å². The summed E-state index contributed by atoms with van der Waals surface area (Å²) in [5, 5.41) is 13.0. The van der Waals surface area contributed by atoms with Crippen LogP contribution in [-0.2, 0) is 13.2 Å². The van der Waals surface area contributed by atoms with Crippen LogP contribution in [-0.4, -0.2) is 40.1 Å². The first-order valence-corrected chi connectivity index (χ1v) is 12.3. The summed E-state index contributed by atoms with van der Waals surface area (Å²) in [5.74, 6) is 2.95. The van der Waals surface area contributed by atoms with Crippen LogP contribution in [0.5, 0.6) is 5.88 Å². The van der Waals surface area contributed by atoms with Crippen LogP contribution < -0.4 is 15.0 Å². The van der Waals surface area contributed by atoms with E-state index in [0.29, 0.717) is 28.0 Å². The number of aliphatic hydroxyl groups is 1. The number of nitrogens with one attached hydrogen (secondary N) is 1. The van der Waals surface area contributed by atoms with Crippen molar-refractivity contribution in [2.45, 2.75) is 58.3 Å². The molecule has 1 aromatic heterocycles. The molecule has 2 saturated carbocycles. The van der Waals surface area contributed by atoms with Crippen molar-refractivity contribution in [3.63, 3.8) is 0 Å². The fraction of sp³-hybridized carbons (Fsp3) is 0.560. The Morgan fingerprint density at radius 2 is 2.00 bits per heavy atom. The zero-order valence-electron chi connectivity index (χ0n) is 19.0. The highest BCUT2D eigenvalue weighted by Gasteiger charge is 2.46. The van der Waals surface area contributed by atoms with Gasteiger partial charge in [0.25, 0.3) is 5.91 Å². The minimum Gasteiger partial charge on any atom is -0.472 e. The van der Waals surface area contributed by atoms with Gasteiger partial charge in [-0.1, -0.05) is 30.7 Å². The average Bonchev–Trinajstić information content (AvgIpc) is 3.43. The van der Waals surface area contributed by atoms with Crippen LogP contribution in [0.2, 0.25) is 5.02 Å². The van der Waals surface area contributed by atoms with E-state index in [2.05, 4.69) is 27.1 Å². The number of aromatic nitrogens is 2. The summed E-state index contributed by atoms with van der Waals surface area (Å²) in [7, 11) is 0. The maximum Gasteiger partial charge on any atom is 0.258 e. The number of carbonyl (C=O) groups is 1. The number of halogens is 1. The van der Waals surface area contributed by atoms with E-state index in [1.54, 1.807) is 18.3 Å². The molecule has 0 bridgehead atoms. The van der Waals surface area contributed by atoms with Gasteiger partial charge in [-0.2, -0.15) is 4.98 Å². The second kappa shape index (κ2) is 9.47. The Morgan fingerprint density at radius 1 is 1.24 bits per heavy atom. The van der Waals surface area contributed by atoms with Gasteiger partial charge in [0.1, 0.15) is 12.2 Å². The van der Waals surface area contributed by atoms with Crippen LogP contribution >= 0.6 is 11.6 Å². The summed E-state index contributed by atoms with van der Waals surface area (Å²) in [6.45, 7) is 4.30. The molecule has 0 spiro atoms. The lowest BCUT2D eigenvalue weighted by molar-refractivity contribution is 0.0917. The Morgan fingerprint density at radius 3 is 2.70 bits per heavy atom. The molecule has 8 heteroatoms. The van der Waals surface area contributed by atoms with Crippen molar-refractivity contribution in [1.82, 2.24) is 15.3 Å². The van der Waals surface area contributed by atoms with Crippen LogP contribution in [0.15, 0.2) is 24.4 Å². The fourth-order valence-corrected chi connectivity index (χ4v) is 5.23. The van der Waals surface area contributed by atoms with E-state index >= 15 is 0 Å². The highest BCUT2D eigenvalue weighted by molar-refractivity contribution is 6.31. The number of nitrogens with zero attached hydrogens (tertiary/aromatic N) is 3. The molecule has 3 fully saturated rings. The maximum absolute atomic E-state index is 13.1. The predicted octanol–water partition coefficient (Wildman–Crippen LogP) is 3.97. The molecule has 2 aromatic rings. The number of ether oxygens (including phenoxy) is 1. The molecular weight excluding hydrogens is 440 g/mol. The molecule has 2 atom stereocenters. The van der Waals surface area contributed by atoms with Gasteiger partial charge >= 0.3 is 0 Å². The number of fused-ring (bicyclic) bond motifs is 1. The Balaban J connectivity index is 1.34. The lowest BCUT2D eigenvalue weighted by Gasteiger charge is -2.27. The van der Waals surface area contributed by atoms with Crippen molar-refractivity contribution in [2.75, 3.05) is 18.0 Å². The summed E-state index contributed by atoms with van der Waals surface area (Å²) in [6.07, 6.45) is 7.15. The smallest absolute Gasteiger partial charge is 0.258 e. The van der Waals surface area contributed by atoms with Gasteiger partial charge in [-0.25, -0.2) is 4.98 Å². The number of piperidine rings is 1. The zero-order valence-corrected chi connectivity index (χ0v) is 19.7. The summed E-state index contributed by atoms with van der Waals surface area (Å²) in [5.41, 5.74) is 1.87. The van der Waals surface area contributed by atoms with Gasteiger partial charge in [0.05, 0.1) is 6.61 Å². The molecule has 2 aliphatic carbocycles. The molecule has 3 aliphatic rings. The van der Waals surface area contributed by atoms with E-state index in [1.165, 1.54) is 6.42 Å². The average molecular weight is 471 g/mol. The normalized spacial score (nSPS) is 26.1. The minimum atomic E-state index is -0.186. The topological polar surface area (TPSA) is 87.6 Å². The molecule has 2 heterocycles. The third kappa shape index (κ3) is 5.09. The van der Waals surface area contributed by atoms with Gasteiger partial charge in [0, 0.05) is 30.4 Å². The Hall–Kier alpha value is -2.38. The van der Waals surface area contributed by atoms with E-state index in [0.717, 1.165) is 62.1 Å². The first kappa shape index (κ1) is 22.4. The van der Waals surface area contributed by atoms with Gasteiger partial charge < -0.3 is 20.1 Å². The third-order valence-corrected chi connectivity index (χ3v) is 7.61. The number of hydrogen-bond donors (Lipinski definition) is 2. The van der Waals surface area contributed by atoms with Crippen molar-refractivity contribution < 1.29 is 14.6 Å². The highest BCUT2D eigenvalue weighted by atomic mass is 35.5.